The fourth-order valence-electron chi connectivity index (χ4n) is 6.66. The Labute approximate surface area is 395 Å². The molecule has 3 saturated heterocycles. The van der Waals surface area contributed by atoms with Crippen LogP contribution in [0.15, 0.2) is 11.5 Å². The maximum atomic E-state index is 12.7. The van der Waals surface area contributed by atoms with Crippen LogP contribution in [0.4, 0.5) is 0 Å². The van der Waals surface area contributed by atoms with Gasteiger partial charge in [-0.1, -0.05) is 0 Å². The quantitative estimate of drug-likeness (QED) is 0.0448. The SMILES string of the molecule is O=C(O)C1=C(O)[C@H](O)[C@@H](OS(=O)(=O)O)[C@H](O[C@H]2[C@H](O)[C@@H](NS(=O)(=O)O)[C@@H](O[C@H]3[C@H](O)[C@@H](OS(=O)(=O)O)[C@H](O[C@H]4[C@H](O)[C@@H](NS(=O)(=O)O)[C@@H](O)O[C@@H]4COS(=O)(=O)O)O[C@H]3C(=O)O)O[C@@H]2COS(=O)(=O)O)O1. The summed E-state index contributed by atoms with van der Waals surface area (Å²) >= 11 is 0. The summed E-state index contributed by atoms with van der Waals surface area (Å²) in [4.78, 5) is 24.4. The minimum Gasteiger partial charge on any atom is -0.506 e. The molecule has 0 amide bonds. The number of nitrogens with one attached hydrogen (secondary N) is 2. The first kappa shape index (κ1) is 60.6. The van der Waals surface area contributed by atoms with E-state index in [9.17, 15) is 124 Å². The third-order valence-corrected chi connectivity index (χ3v) is 12.3. The van der Waals surface area contributed by atoms with Crippen molar-refractivity contribution >= 4 is 74.1 Å². The van der Waals surface area contributed by atoms with E-state index in [0.717, 1.165) is 0 Å². The van der Waals surface area contributed by atoms with E-state index in [1.54, 1.807) is 0 Å². The van der Waals surface area contributed by atoms with Crippen molar-refractivity contribution in [3.63, 3.8) is 0 Å². The summed E-state index contributed by atoms with van der Waals surface area (Å²) in [5.74, 6) is -8.10. The molecule has 0 unspecified atom stereocenters. The molecule has 71 heavy (non-hydrogen) atoms. The van der Waals surface area contributed by atoms with E-state index in [4.69, 9.17) is 37.7 Å². The van der Waals surface area contributed by atoms with Crippen LogP contribution in [0.5, 0.6) is 0 Å². The highest BCUT2D eigenvalue weighted by Crippen LogP contribution is 2.37. The number of aliphatic hydroxyl groups excluding tert-OH is 6. The Morgan fingerprint density at radius 2 is 0.958 bits per heavy atom. The highest BCUT2D eigenvalue weighted by Gasteiger charge is 2.59. The van der Waals surface area contributed by atoms with Crippen molar-refractivity contribution in [2.24, 2.45) is 0 Å². The van der Waals surface area contributed by atoms with Crippen LogP contribution in [0.2, 0.25) is 0 Å². The molecular weight excluding hydrogens is 1130 g/mol. The molecule has 0 aliphatic carbocycles. The van der Waals surface area contributed by atoms with Crippen molar-refractivity contribution in [3.8, 4) is 0 Å². The van der Waals surface area contributed by atoms with Gasteiger partial charge < -0.3 is 74.0 Å². The van der Waals surface area contributed by atoms with E-state index in [2.05, 4.69) is 16.7 Å². The van der Waals surface area contributed by atoms with Crippen molar-refractivity contribution in [1.29, 1.82) is 0 Å². The summed E-state index contributed by atoms with van der Waals surface area (Å²) in [5.41, 5.74) is 0. The average molecular weight is 1170 g/mol. The Morgan fingerprint density at radius 1 is 0.521 bits per heavy atom. The molecule has 16 N–H and O–H groups in total. The van der Waals surface area contributed by atoms with Gasteiger partial charge in [-0.2, -0.15) is 60.0 Å². The lowest BCUT2D eigenvalue weighted by Gasteiger charge is -2.49. The second kappa shape index (κ2) is 22.5. The number of aliphatic carboxylic acids is 2. The molecule has 0 bridgehead atoms. The first-order valence-electron chi connectivity index (χ1n) is 18.0. The first-order chi connectivity index (χ1) is 32.1. The van der Waals surface area contributed by atoms with Gasteiger partial charge in [-0.05, 0) is 0 Å². The number of rotatable bonds is 22. The Morgan fingerprint density at radius 3 is 1.41 bits per heavy atom. The molecule has 4 heterocycles. The van der Waals surface area contributed by atoms with E-state index < -0.39 is 209 Å². The zero-order valence-electron chi connectivity index (χ0n) is 33.7. The summed E-state index contributed by atoms with van der Waals surface area (Å²) < 4.78 is 252. The molecule has 0 radical (unpaired) electrons. The van der Waals surface area contributed by atoms with Crippen LogP contribution in [0.1, 0.15) is 0 Å². The molecule has 0 saturated carbocycles. The zero-order valence-corrected chi connectivity index (χ0v) is 38.6. The monoisotopic (exact) mass is 1170 g/mol. The lowest BCUT2D eigenvalue weighted by atomic mass is 9.95. The van der Waals surface area contributed by atoms with Crippen LogP contribution in [-0.4, -0.2) is 254 Å². The van der Waals surface area contributed by atoms with E-state index in [0.29, 0.717) is 0 Å². The molecule has 414 valence electrons. The molecule has 3 fully saturated rings. The molecule has 4 aliphatic rings. The number of carbonyl (C=O) groups is 2. The minimum atomic E-state index is -6.03. The Bertz CT molecular complexity index is 2660. The highest BCUT2D eigenvalue weighted by atomic mass is 32.3. The maximum absolute atomic E-state index is 12.7. The molecule has 0 aromatic heterocycles. The van der Waals surface area contributed by atoms with Crippen molar-refractivity contribution < 1.29 is 178 Å². The fraction of sp³-hybridized carbons (Fsp3) is 0.833. The van der Waals surface area contributed by atoms with E-state index in [1.807, 2.05) is 0 Å². The van der Waals surface area contributed by atoms with Gasteiger partial charge in [0, 0.05) is 0 Å². The number of carboxylic acid groups (broad SMARTS) is 2. The van der Waals surface area contributed by atoms with Crippen molar-refractivity contribution in [3.05, 3.63) is 11.5 Å². The van der Waals surface area contributed by atoms with E-state index in [1.165, 1.54) is 9.44 Å². The molecule has 0 spiro atoms. The van der Waals surface area contributed by atoms with Crippen LogP contribution in [0, 0.1) is 0 Å². The molecule has 18 atom stereocenters. The molecule has 0 aromatic carbocycles. The topological polar surface area (TPSA) is 648 Å². The Kier molecular flexibility index (Phi) is 19.2. The molecule has 4 aliphatic heterocycles. The normalized spacial score (nSPS) is 37.0. The van der Waals surface area contributed by atoms with Gasteiger partial charge in [-0.25, -0.2) is 26.3 Å². The number of carboxylic acids is 2. The van der Waals surface area contributed by atoms with Crippen LogP contribution >= 0.6 is 0 Å². The van der Waals surface area contributed by atoms with Crippen LogP contribution in [0.25, 0.3) is 0 Å². The molecule has 47 heteroatoms. The van der Waals surface area contributed by atoms with Crippen LogP contribution in [0.3, 0.4) is 0 Å². The number of hydrogen-bond acceptors (Lipinski definition) is 31. The lowest BCUT2D eigenvalue weighted by molar-refractivity contribution is -0.362. The van der Waals surface area contributed by atoms with E-state index in [-0.39, 0.29) is 0 Å². The molecule has 41 nitrogen and oxygen atoms in total. The summed E-state index contributed by atoms with van der Waals surface area (Å²) in [6.07, 6.45) is -45.5. The van der Waals surface area contributed by atoms with Gasteiger partial charge in [0.1, 0.15) is 67.0 Å². The number of hydrogen-bond donors (Lipinski definition) is 16. The summed E-state index contributed by atoms with van der Waals surface area (Å²) in [5, 5.41) is 84.5. The smallest absolute Gasteiger partial charge is 0.397 e. The van der Waals surface area contributed by atoms with E-state index >= 15 is 0 Å². The Balaban J connectivity index is 1.82. The molecule has 4 rings (SSSR count). The predicted octanol–water partition coefficient (Wildman–Crippen LogP) is -10.4. The molecule has 0 aromatic rings. The van der Waals surface area contributed by atoms with Gasteiger partial charge in [0.25, 0.3) is 0 Å². The van der Waals surface area contributed by atoms with Crippen molar-refractivity contribution in [2.75, 3.05) is 13.2 Å². The lowest BCUT2D eigenvalue weighted by Crippen LogP contribution is -2.70. The summed E-state index contributed by atoms with van der Waals surface area (Å²) in [7, 11) is -34.3. The Hall–Kier alpha value is -2.94. The standard InChI is InChI=1S/C24H38N2O39S6/c27-7-5(25-66(37,38)39)21(36)57-3(1-55-68(43,44)45)12(7)59-24-17(65-71(52,53)54)11(31)14(18(63-24)20(34)35)61-22-6(26-67(40,41)42)8(28)13(4(58-22)2-56-69(46,47)48)60-23-16(64-70(49,50)51)10(30)9(29)15(62-23)19(32)33/h3-8,10-14,16-18,21-31,36H,1-2H2,(H,32,33)(H,34,35)(H,37,38,39)(H,40,41,42)(H,43,44,45)(H,46,47,48)(H,49,50,51)(H,52,53,54)/t3-,4-,5-,6-,7-,8-,10+,11+,12-,13-,14+,16-,17-,18-,21+,22-,23-,24-/m1/s1. The maximum Gasteiger partial charge on any atom is 0.397 e. The largest absolute Gasteiger partial charge is 0.506 e. The fourth-order valence-corrected chi connectivity index (χ4v) is 9.43. The van der Waals surface area contributed by atoms with Crippen LogP contribution < -0.4 is 9.44 Å². The number of aliphatic hydroxyl groups is 6. The van der Waals surface area contributed by atoms with Gasteiger partial charge in [-0.3, -0.25) is 27.3 Å². The van der Waals surface area contributed by atoms with Gasteiger partial charge in [-0.15, -0.1) is 0 Å². The minimum absolute atomic E-state index is 1.20. The second-order valence-electron chi connectivity index (χ2n) is 14.2. The van der Waals surface area contributed by atoms with Gasteiger partial charge in [0.2, 0.25) is 12.0 Å². The average Bonchev–Trinajstić information content (AvgIpc) is 3.17. The van der Waals surface area contributed by atoms with Crippen molar-refractivity contribution in [2.45, 2.75) is 110 Å². The second-order valence-corrected chi connectivity index (χ2v) is 20.9. The van der Waals surface area contributed by atoms with Crippen LogP contribution in [-0.2, 0) is 122 Å². The predicted molar refractivity (Wildman–Crippen MR) is 201 cm³/mol. The van der Waals surface area contributed by atoms with Gasteiger partial charge in [0.05, 0.1) is 13.2 Å². The highest BCUT2D eigenvalue weighted by molar-refractivity contribution is 7.84. The van der Waals surface area contributed by atoms with Crippen molar-refractivity contribution in [1.82, 2.24) is 9.44 Å². The zero-order chi connectivity index (χ0) is 54.3. The molecular formula is C24H38N2O39S6. The summed E-state index contributed by atoms with van der Waals surface area (Å²) in [6.45, 7) is -3.33. The summed E-state index contributed by atoms with van der Waals surface area (Å²) in [6, 6.07) is -5.37. The van der Waals surface area contributed by atoms with Gasteiger partial charge in [0.15, 0.2) is 42.9 Å². The third-order valence-electron chi connectivity index (χ3n) is 9.32. The van der Waals surface area contributed by atoms with Gasteiger partial charge >= 0.3 is 74.1 Å². The third kappa shape index (κ3) is 17.0. The number of ether oxygens (including phenoxy) is 7. The first-order valence-corrected chi connectivity index (χ1v) is 26.3.